The van der Waals surface area contributed by atoms with E-state index in [2.05, 4.69) is 5.32 Å². The van der Waals surface area contributed by atoms with Gasteiger partial charge in [-0.25, -0.2) is 14.4 Å². The highest BCUT2D eigenvalue weighted by Gasteiger charge is 2.23. The van der Waals surface area contributed by atoms with Crippen molar-refractivity contribution in [2.24, 2.45) is 5.92 Å². The fourth-order valence-corrected chi connectivity index (χ4v) is 3.50. The fourth-order valence-electron chi connectivity index (χ4n) is 3.50. The molecular formula is C25H24FN3O. The minimum absolute atomic E-state index is 0.0700. The largest absolute Gasteiger partial charge is 0.309 e. The predicted octanol–water partition coefficient (Wildman–Crippen LogP) is 5.54. The first-order valence-corrected chi connectivity index (χ1v) is 10.3. The third-order valence-corrected chi connectivity index (χ3v) is 5.48. The van der Waals surface area contributed by atoms with Crippen LogP contribution in [-0.2, 0) is 17.6 Å². The van der Waals surface area contributed by atoms with Crippen molar-refractivity contribution in [3.05, 3.63) is 76.9 Å². The van der Waals surface area contributed by atoms with Gasteiger partial charge in [-0.2, -0.15) is 0 Å². The van der Waals surface area contributed by atoms with Crippen LogP contribution >= 0.6 is 0 Å². The zero-order chi connectivity index (χ0) is 21.1. The maximum Gasteiger partial charge on any atom is 0.228 e. The third-order valence-electron chi connectivity index (χ3n) is 5.48. The first kappa shape index (κ1) is 20.0. The molecule has 1 atom stereocenters. The van der Waals surface area contributed by atoms with Gasteiger partial charge in [0.05, 0.1) is 11.4 Å². The van der Waals surface area contributed by atoms with Gasteiger partial charge >= 0.3 is 0 Å². The van der Waals surface area contributed by atoms with Gasteiger partial charge in [0, 0.05) is 11.5 Å². The summed E-state index contributed by atoms with van der Waals surface area (Å²) in [7, 11) is 0. The highest BCUT2D eigenvalue weighted by Crippen LogP contribution is 2.33. The minimum Gasteiger partial charge on any atom is -0.309 e. The van der Waals surface area contributed by atoms with Crippen LogP contribution in [0.1, 0.15) is 42.8 Å². The SMILES string of the molecule is CCC(C)C(=O)Nc1nc2c(nc1/C=C/c1ccccc1)-c1ccc(F)cc1CC2. The van der Waals surface area contributed by atoms with Gasteiger partial charge in [-0.15, -0.1) is 0 Å². The molecule has 0 radical (unpaired) electrons. The third kappa shape index (κ3) is 4.15. The number of carbonyl (C=O) groups is 1. The van der Waals surface area contributed by atoms with E-state index in [1.165, 1.54) is 6.07 Å². The van der Waals surface area contributed by atoms with Gasteiger partial charge in [0.15, 0.2) is 5.82 Å². The van der Waals surface area contributed by atoms with Crippen molar-refractivity contribution in [2.75, 3.05) is 5.32 Å². The molecule has 1 aliphatic rings. The summed E-state index contributed by atoms with van der Waals surface area (Å²) >= 11 is 0. The van der Waals surface area contributed by atoms with Gasteiger partial charge in [0.2, 0.25) is 5.91 Å². The Labute approximate surface area is 175 Å². The molecule has 152 valence electrons. The number of carbonyl (C=O) groups excluding carboxylic acids is 1. The van der Waals surface area contributed by atoms with Crippen LogP contribution in [0.5, 0.6) is 0 Å². The maximum atomic E-state index is 13.7. The summed E-state index contributed by atoms with van der Waals surface area (Å²) in [5.41, 5.74) is 5.03. The summed E-state index contributed by atoms with van der Waals surface area (Å²) in [6.45, 7) is 3.88. The van der Waals surface area contributed by atoms with E-state index < -0.39 is 0 Å². The van der Waals surface area contributed by atoms with E-state index in [4.69, 9.17) is 9.97 Å². The Morgan fingerprint density at radius 3 is 2.70 bits per heavy atom. The van der Waals surface area contributed by atoms with E-state index in [0.717, 1.165) is 34.5 Å². The Morgan fingerprint density at radius 2 is 1.93 bits per heavy atom. The molecule has 1 unspecified atom stereocenters. The molecule has 1 aliphatic carbocycles. The highest BCUT2D eigenvalue weighted by molar-refractivity contribution is 5.93. The number of nitrogens with zero attached hydrogens (tertiary/aromatic N) is 2. The number of hydrogen-bond acceptors (Lipinski definition) is 3. The average molecular weight is 401 g/mol. The summed E-state index contributed by atoms with van der Waals surface area (Å²) < 4.78 is 13.7. The number of amides is 1. The summed E-state index contributed by atoms with van der Waals surface area (Å²) in [4.78, 5) is 22.1. The van der Waals surface area contributed by atoms with E-state index in [-0.39, 0.29) is 17.6 Å². The van der Waals surface area contributed by atoms with E-state index in [9.17, 15) is 9.18 Å². The second-order valence-electron chi connectivity index (χ2n) is 7.60. The molecule has 0 aliphatic heterocycles. The van der Waals surface area contributed by atoms with Crippen LogP contribution in [0.4, 0.5) is 10.2 Å². The monoisotopic (exact) mass is 401 g/mol. The summed E-state index contributed by atoms with van der Waals surface area (Å²) in [6, 6.07) is 14.7. The molecule has 0 saturated heterocycles. The van der Waals surface area contributed by atoms with Crippen LogP contribution in [0.25, 0.3) is 23.4 Å². The molecule has 30 heavy (non-hydrogen) atoms. The standard InChI is InChI=1S/C25H24FN3O/c1-3-16(2)25(30)29-24-22(13-9-17-7-5-4-6-8-17)27-23-20-12-11-19(26)15-18(20)10-14-21(23)28-24/h4-9,11-13,15-16H,3,10,14H2,1-2H3,(H,28,29,30)/b13-9+. The number of anilines is 1. The lowest BCUT2D eigenvalue weighted by molar-refractivity contribution is -0.119. The summed E-state index contributed by atoms with van der Waals surface area (Å²) in [5.74, 6) is 0.0421. The van der Waals surface area contributed by atoms with Crippen molar-refractivity contribution in [3.8, 4) is 11.3 Å². The molecule has 3 aromatic rings. The van der Waals surface area contributed by atoms with E-state index in [0.29, 0.717) is 24.4 Å². The van der Waals surface area contributed by atoms with Crippen molar-refractivity contribution >= 4 is 23.9 Å². The number of benzene rings is 2. The number of fused-ring (bicyclic) bond motifs is 3. The summed E-state index contributed by atoms with van der Waals surface area (Å²) in [6.07, 6.45) is 5.93. The van der Waals surface area contributed by atoms with Crippen molar-refractivity contribution in [1.82, 2.24) is 9.97 Å². The summed E-state index contributed by atoms with van der Waals surface area (Å²) in [5, 5.41) is 2.96. The molecule has 1 amide bonds. The topological polar surface area (TPSA) is 54.9 Å². The Morgan fingerprint density at radius 1 is 1.13 bits per heavy atom. The smallest absolute Gasteiger partial charge is 0.228 e. The molecule has 1 heterocycles. The molecule has 0 fully saturated rings. The molecule has 1 aromatic heterocycles. The Bertz CT molecular complexity index is 1110. The molecule has 1 N–H and O–H groups in total. The molecule has 2 aromatic carbocycles. The fraction of sp³-hybridized carbons (Fsp3) is 0.240. The normalized spacial score (nSPS) is 13.6. The van der Waals surface area contributed by atoms with Crippen LogP contribution < -0.4 is 5.32 Å². The first-order valence-electron chi connectivity index (χ1n) is 10.3. The van der Waals surface area contributed by atoms with Gasteiger partial charge < -0.3 is 5.32 Å². The lowest BCUT2D eigenvalue weighted by Crippen LogP contribution is -2.22. The van der Waals surface area contributed by atoms with Crippen molar-refractivity contribution in [1.29, 1.82) is 0 Å². The lowest BCUT2D eigenvalue weighted by atomic mass is 9.91. The van der Waals surface area contributed by atoms with Gasteiger partial charge in [-0.05, 0) is 54.7 Å². The molecule has 0 saturated carbocycles. The van der Waals surface area contributed by atoms with E-state index in [1.807, 2.05) is 56.3 Å². The second-order valence-corrected chi connectivity index (χ2v) is 7.60. The number of halogens is 1. The lowest BCUT2D eigenvalue weighted by Gasteiger charge is -2.20. The van der Waals surface area contributed by atoms with Crippen LogP contribution in [0, 0.1) is 11.7 Å². The second kappa shape index (κ2) is 8.57. The van der Waals surface area contributed by atoms with Crippen LogP contribution in [-0.4, -0.2) is 15.9 Å². The maximum absolute atomic E-state index is 13.7. The average Bonchev–Trinajstić information content (AvgIpc) is 2.77. The molecule has 5 heteroatoms. The van der Waals surface area contributed by atoms with Gasteiger partial charge in [0.1, 0.15) is 11.5 Å². The van der Waals surface area contributed by atoms with E-state index >= 15 is 0 Å². The number of hydrogen-bond donors (Lipinski definition) is 1. The number of rotatable bonds is 5. The van der Waals surface area contributed by atoms with Crippen LogP contribution in [0.15, 0.2) is 48.5 Å². The predicted molar refractivity (Wildman–Crippen MR) is 118 cm³/mol. The van der Waals surface area contributed by atoms with Crippen LogP contribution in [0.3, 0.4) is 0 Å². The Balaban J connectivity index is 1.78. The Kier molecular flexibility index (Phi) is 5.70. The van der Waals surface area contributed by atoms with Crippen LogP contribution in [0.2, 0.25) is 0 Å². The molecule has 4 rings (SSSR count). The molecular weight excluding hydrogens is 377 g/mol. The van der Waals surface area contributed by atoms with Gasteiger partial charge in [-0.1, -0.05) is 50.3 Å². The van der Waals surface area contributed by atoms with Crippen molar-refractivity contribution < 1.29 is 9.18 Å². The number of aromatic nitrogens is 2. The van der Waals surface area contributed by atoms with E-state index in [1.54, 1.807) is 12.1 Å². The zero-order valence-electron chi connectivity index (χ0n) is 17.2. The quantitative estimate of drug-likeness (QED) is 0.611. The Hall–Kier alpha value is -3.34. The van der Waals surface area contributed by atoms with Gasteiger partial charge in [-0.3, -0.25) is 4.79 Å². The number of aryl methyl sites for hydroxylation is 2. The first-order chi connectivity index (χ1) is 14.5. The minimum atomic E-state index is -0.244. The van der Waals surface area contributed by atoms with Crippen molar-refractivity contribution in [2.45, 2.75) is 33.1 Å². The molecule has 0 bridgehead atoms. The highest BCUT2D eigenvalue weighted by atomic mass is 19.1. The zero-order valence-corrected chi connectivity index (χ0v) is 17.2. The molecule has 4 nitrogen and oxygen atoms in total. The molecule has 0 spiro atoms. The van der Waals surface area contributed by atoms with Crippen molar-refractivity contribution in [3.63, 3.8) is 0 Å². The number of nitrogens with one attached hydrogen (secondary N) is 1. The van der Waals surface area contributed by atoms with Gasteiger partial charge in [0.25, 0.3) is 0 Å².